The molecule has 0 radical (unpaired) electrons. The zero-order valence-corrected chi connectivity index (χ0v) is 14.7. The molecule has 0 saturated carbocycles. The molecule has 1 aromatic rings. The normalized spacial score (nSPS) is 17.8. The molecule has 1 aromatic carbocycles. The second kappa shape index (κ2) is 7.69. The third-order valence-corrected chi connectivity index (χ3v) is 5.13. The van der Waals surface area contributed by atoms with Gasteiger partial charge in [0.15, 0.2) is 0 Å². The van der Waals surface area contributed by atoms with Crippen LogP contribution in [0.1, 0.15) is 13.8 Å². The predicted octanol–water partition coefficient (Wildman–Crippen LogP) is 3.06. The van der Waals surface area contributed by atoms with Crippen LogP contribution in [0.25, 0.3) is 0 Å². The Balaban J connectivity index is 2.22. The first-order valence-corrected chi connectivity index (χ1v) is 8.65. The highest BCUT2D eigenvalue weighted by atomic mass is 79.9. The molecule has 0 spiro atoms. The van der Waals surface area contributed by atoms with E-state index < -0.39 is 5.97 Å². The Morgan fingerprint density at radius 3 is 2.82 bits per heavy atom. The van der Waals surface area contributed by atoms with Crippen molar-refractivity contribution in [3.8, 4) is 0 Å². The van der Waals surface area contributed by atoms with Crippen molar-refractivity contribution in [2.75, 3.05) is 12.4 Å². The minimum atomic E-state index is -0.398. The maximum Gasteiger partial charge on any atom is 0.337 e. The van der Waals surface area contributed by atoms with E-state index in [9.17, 15) is 9.59 Å². The van der Waals surface area contributed by atoms with E-state index >= 15 is 0 Å². The van der Waals surface area contributed by atoms with E-state index in [-0.39, 0.29) is 12.1 Å². The maximum absolute atomic E-state index is 12.1. The number of rotatable bonds is 5. The van der Waals surface area contributed by atoms with Gasteiger partial charge in [-0.25, -0.2) is 9.59 Å². The third kappa shape index (κ3) is 4.04. The zero-order chi connectivity index (χ0) is 16.1. The fraction of sp³-hybridized carbons (Fsp3) is 0.333. The number of nitrogens with one attached hydrogen (secondary N) is 2. The van der Waals surface area contributed by atoms with Crippen molar-refractivity contribution in [3.05, 3.63) is 40.0 Å². The maximum atomic E-state index is 12.1. The average molecular weight is 385 g/mol. The molecular weight excluding hydrogens is 368 g/mol. The van der Waals surface area contributed by atoms with Crippen LogP contribution in [-0.4, -0.2) is 30.4 Å². The van der Waals surface area contributed by atoms with Crippen LogP contribution in [0.3, 0.4) is 0 Å². The molecule has 1 aliphatic rings. The highest BCUT2D eigenvalue weighted by molar-refractivity contribution is 9.10. The lowest BCUT2D eigenvalue weighted by atomic mass is 10.1. The summed E-state index contributed by atoms with van der Waals surface area (Å²) in [6, 6.07) is 7.13. The largest absolute Gasteiger partial charge is 0.463 e. The topological polar surface area (TPSA) is 67.4 Å². The van der Waals surface area contributed by atoms with E-state index in [1.54, 1.807) is 25.6 Å². The standard InChI is InChI=1S/C15H17BrN2O3S/c1-3-21-14(19)13-9(2)17-15(20)18-11(13)8-22-12-7-5-4-6-10(12)16/h4-7,9H,3,8H2,1-2H3,(H2,17,18,20). The predicted molar refractivity (Wildman–Crippen MR) is 89.7 cm³/mol. The van der Waals surface area contributed by atoms with Gasteiger partial charge in [0.2, 0.25) is 0 Å². The summed E-state index contributed by atoms with van der Waals surface area (Å²) < 4.78 is 6.06. The first-order chi connectivity index (χ1) is 10.5. The summed E-state index contributed by atoms with van der Waals surface area (Å²) >= 11 is 5.03. The van der Waals surface area contributed by atoms with Crippen molar-refractivity contribution in [1.29, 1.82) is 0 Å². The lowest BCUT2D eigenvalue weighted by Gasteiger charge is -2.26. The van der Waals surface area contributed by atoms with Gasteiger partial charge in [0.25, 0.3) is 0 Å². The van der Waals surface area contributed by atoms with Crippen molar-refractivity contribution < 1.29 is 14.3 Å². The van der Waals surface area contributed by atoms with Crippen LogP contribution < -0.4 is 10.6 Å². The zero-order valence-electron chi connectivity index (χ0n) is 12.3. The Bertz CT molecular complexity index is 619. The van der Waals surface area contributed by atoms with Gasteiger partial charge in [0.05, 0.1) is 18.2 Å². The van der Waals surface area contributed by atoms with Crippen LogP contribution in [-0.2, 0) is 9.53 Å². The highest BCUT2D eigenvalue weighted by Gasteiger charge is 2.29. The molecule has 118 valence electrons. The van der Waals surface area contributed by atoms with Crippen LogP contribution in [0.2, 0.25) is 0 Å². The van der Waals surface area contributed by atoms with Crippen molar-refractivity contribution in [2.45, 2.75) is 24.8 Å². The van der Waals surface area contributed by atoms with Gasteiger partial charge in [-0.05, 0) is 41.9 Å². The van der Waals surface area contributed by atoms with Crippen LogP contribution in [0.5, 0.6) is 0 Å². The molecule has 0 aliphatic carbocycles. The number of esters is 1. The molecule has 2 N–H and O–H groups in total. The van der Waals surface area contributed by atoms with Crippen LogP contribution >= 0.6 is 27.7 Å². The first kappa shape index (κ1) is 16.9. The molecule has 2 rings (SSSR count). The minimum Gasteiger partial charge on any atom is -0.463 e. The van der Waals surface area contributed by atoms with E-state index in [0.717, 1.165) is 9.37 Å². The molecule has 1 heterocycles. The molecule has 1 unspecified atom stereocenters. The van der Waals surface area contributed by atoms with Gasteiger partial charge >= 0.3 is 12.0 Å². The van der Waals surface area contributed by atoms with Crippen molar-refractivity contribution in [3.63, 3.8) is 0 Å². The molecule has 1 aliphatic heterocycles. The number of halogens is 1. The van der Waals surface area contributed by atoms with Crippen LogP contribution in [0.15, 0.2) is 44.9 Å². The van der Waals surface area contributed by atoms with Gasteiger partial charge in [-0.15, -0.1) is 11.8 Å². The van der Waals surface area contributed by atoms with E-state index in [1.165, 1.54) is 0 Å². The smallest absolute Gasteiger partial charge is 0.337 e. The van der Waals surface area contributed by atoms with E-state index in [4.69, 9.17) is 4.74 Å². The number of carbonyl (C=O) groups is 2. The summed E-state index contributed by atoms with van der Waals surface area (Å²) in [5.74, 6) is 0.0827. The molecule has 0 bridgehead atoms. The number of ether oxygens (including phenoxy) is 1. The number of amides is 2. The van der Waals surface area contributed by atoms with Crippen molar-refractivity contribution >= 4 is 39.7 Å². The fourth-order valence-corrected chi connectivity index (χ4v) is 3.64. The lowest BCUT2D eigenvalue weighted by Crippen LogP contribution is -2.49. The van der Waals surface area contributed by atoms with E-state index in [1.807, 2.05) is 24.3 Å². The summed E-state index contributed by atoms with van der Waals surface area (Å²) in [6.07, 6.45) is 0. The van der Waals surface area contributed by atoms with Crippen LogP contribution in [0.4, 0.5) is 4.79 Å². The molecule has 0 saturated heterocycles. The van der Waals surface area contributed by atoms with Gasteiger partial charge < -0.3 is 15.4 Å². The summed E-state index contributed by atoms with van der Waals surface area (Å²) in [5, 5.41) is 5.40. The van der Waals surface area contributed by atoms with Gasteiger partial charge in [-0.3, -0.25) is 0 Å². The number of urea groups is 1. The number of benzene rings is 1. The lowest BCUT2D eigenvalue weighted by molar-refractivity contribution is -0.138. The summed E-state index contributed by atoms with van der Waals surface area (Å²) in [5.41, 5.74) is 1.07. The summed E-state index contributed by atoms with van der Waals surface area (Å²) in [7, 11) is 0. The summed E-state index contributed by atoms with van der Waals surface area (Å²) in [6.45, 7) is 3.83. The Labute approximate surface area is 142 Å². The molecular formula is C15H17BrN2O3S. The van der Waals surface area contributed by atoms with E-state index in [0.29, 0.717) is 23.6 Å². The molecule has 5 nitrogen and oxygen atoms in total. The van der Waals surface area contributed by atoms with Crippen molar-refractivity contribution in [1.82, 2.24) is 10.6 Å². The van der Waals surface area contributed by atoms with E-state index in [2.05, 4.69) is 26.6 Å². The molecule has 1 atom stereocenters. The molecule has 2 amide bonds. The minimum absolute atomic E-state index is 0.299. The third-order valence-electron chi connectivity index (χ3n) is 3.07. The van der Waals surface area contributed by atoms with Gasteiger partial charge in [0.1, 0.15) is 0 Å². The molecule has 0 aromatic heterocycles. The monoisotopic (exact) mass is 384 g/mol. The highest BCUT2D eigenvalue weighted by Crippen LogP contribution is 2.29. The van der Waals surface area contributed by atoms with Crippen molar-refractivity contribution in [2.24, 2.45) is 0 Å². The number of carbonyl (C=O) groups excluding carboxylic acids is 2. The Hall–Kier alpha value is -1.47. The fourth-order valence-electron chi connectivity index (χ4n) is 2.10. The quantitative estimate of drug-likeness (QED) is 0.604. The molecule has 22 heavy (non-hydrogen) atoms. The Kier molecular flexibility index (Phi) is 5.90. The van der Waals surface area contributed by atoms with Gasteiger partial charge in [-0.1, -0.05) is 12.1 Å². The number of hydrogen-bond acceptors (Lipinski definition) is 4. The van der Waals surface area contributed by atoms with Gasteiger partial charge in [-0.2, -0.15) is 0 Å². The SMILES string of the molecule is CCOC(=O)C1=C(CSc2ccccc2Br)NC(=O)NC1C. The number of hydrogen-bond donors (Lipinski definition) is 2. The Morgan fingerprint density at radius 1 is 1.41 bits per heavy atom. The van der Waals surface area contributed by atoms with Crippen LogP contribution in [0, 0.1) is 0 Å². The second-order valence-electron chi connectivity index (χ2n) is 4.65. The molecule has 7 heteroatoms. The summed E-state index contributed by atoms with van der Waals surface area (Å²) in [4.78, 5) is 24.8. The average Bonchev–Trinajstić information content (AvgIpc) is 2.46. The second-order valence-corrected chi connectivity index (χ2v) is 6.52. The first-order valence-electron chi connectivity index (χ1n) is 6.88. The molecule has 0 fully saturated rings. The number of thioether (sulfide) groups is 1. The Morgan fingerprint density at radius 2 is 2.14 bits per heavy atom. The van der Waals surface area contributed by atoms with Gasteiger partial charge in [0, 0.05) is 20.8 Å².